The number of phenols is 1. The number of piperidine rings is 1. The number of nitrogens with zero attached hydrogens (tertiary/aromatic N) is 1. The summed E-state index contributed by atoms with van der Waals surface area (Å²) in [5, 5.41) is 12.3. The van der Waals surface area contributed by atoms with Crippen LogP contribution in [-0.2, 0) is 11.3 Å². The van der Waals surface area contributed by atoms with E-state index in [-0.39, 0.29) is 18.5 Å². The molecule has 1 heterocycles. The lowest BCUT2D eigenvalue weighted by atomic mass is 10.0. The molecule has 0 aromatic heterocycles. The Labute approximate surface area is 195 Å². The number of anilines is 1. The summed E-state index contributed by atoms with van der Waals surface area (Å²) >= 11 is 0. The van der Waals surface area contributed by atoms with Crippen LogP contribution in [0.1, 0.15) is 18.4 Å². The lowest BCUT2D eigenvalue weighted by molar-refractivity contribution is 0.0316. The van der Waals surface area contributed by atoms with Crippen molar-refractivity contribution in [2.24, 2.45) is 0 Å². The largest absolute Gasteiger partial charge is 0.508 e. The van der Waals surface area contributed by atoms with Crippen LogP contribution in [0.5, 0.6) is 5.75 Å². The monoisotopic (exact) mass is 445 g/mol. The smallest absolute Gasteiger partial charge is 0.116 e. The van der Waals surface area contributed by atoms with Crippen LogP contribution in [0, 0.1) is 0 Å². The summed E-state index contributed by atoms with van der Waals surface area (Å²) in [6.07, 6.45) is 2.44. The van der Waals surface area contributed by atoms with E-state index in [1.165, 1.54) is 22.0 Å². The molecule has 1 fully saturated rings. The molecule has 1 aliphatic heterocycles. The summed E-state index contributed by atoms with van der Waals surface area (Å²) < 4.78 is 6.33. The number of aromatic hydroxyl groups is 1. The summed E-state index contributed by atoms with van der Waals surface area (Å²) in [5.41, 5.74) is 4.58. The van der Waals surface area contributed by atoms with Gasteiger partial charge >= 0.3 is 0 Å². The molecule has 1 aliphatic rings. The van der Waals surface area contributed by atoms with E-state index in [1.807, 2.05) is 18.2 Å². The number of rotatable bonds is 5. The van der Waals surface area contributed by atoms with Crippen LogP contribution in [0.4, 0.5) is 5.69 Å². The molecule has 4 aromatic carbocycles. The molecular formula is C28H28ClNO2. The highest BCUT2D eigenvalue weighted by atomic mass is 35.5. The van der Waals surface area contributed by atoms with Gasteiger partial charge in [0.2, 0.25) is 0 Å². The van der Waals surface area contributed by atoms with Crippen LogP contribution in [0.3, 0.4) is 0 Å². The van der Waals surface area contributed by atoms with E-state index in [2.05, 4.69) is 71.6 Å². The highest BCUT2D eigenvalue weighted by Crippen LogP contribution is 2.29. The maximum atomic E-state index is 9.81. The molecule has 4 heteroatoms. The SMILES string of the molecule is Cl.Oc1cccc(-c2cccc(N3CCCC(OCc4ccc5ccccc5c4)C3)c2)c1. The molecule has 0 amide bonds. The van der Waals surface area contributed by atoms with Crippen molar-refractivity contribution >= 4 is 28.9 Å². The highest BCUT2D eigenvalue weighted by Gasteiger charge is 2.21. The van der Waals surface area contributed by atoms with Gasteiger partial charge in [-0.05, 0) is 70.6 Å². The van der Waals surface area contributed by atoms with Crippen LogP contribution in [-0.4, -0.2) is 24.3 Å². The molecule has 0 radical (unpaired) electrons. The lowest BCUT2D eigenvalue weighted by Gasteiger charge is -2.34. The van der Waals surface area contributed by atoms with E-state index in [4.69, 9.17) is 4.74 Å². The molecule has 1 atom stereocenters. The molecule has 0 spiro atoms. The summed E-state index contributed by atoms with van der Waals surface area (Å²) in [4.78, 5) is 2.42. The molecular weight excluding hydrogens is 418 g/mol. The fourth-order valence-corrected chi connectivity index (χ4v) is 4.42. The van der Waals surface area contributed by atoms with Crippen molar-refractivity contribution in [3.05, 3.63) is 96.6 Å². The zero-order chi connectivity index (χ0) is 21.0. The van der Waals surface area contributed by atoms with Crippen LogP contribution < -0.4 is 4.90 Å². The third kappa shape index (κ3) is 5.07. The number of hydrogen-bond donors (Lipinski definition) is 1. The molecule has 5 rings (SSSR count). The first-order valence-electron chi connectivity index (χ1n) is 11.0. The number of halogens is 1. The van der Waals surface area contributed by atoms with Gasteiger partial charge in [0.1, 0.15) is 5.75 Å². The van der Waals surface area contributed by atoms with E-state index >= 15 is 0 Å². The fourth-order valence-electron chi connectivity index (χ4n) is 4.42. The van der Waals surface area contributed by atoms with Crippen molar-refractivity contribution in [2.45, 2.75) is 25.6 Å². The van der Waals surface area contributed by atoms with Gasteiger partial charge in [-0.15, -0.1) is 12.4 Å². The van der Waals surface area contributed by atoms with Gasteiger partial charge < -0.3 is 14.7 Å². The van der Waals surface area contributed by atoms with Crippen molar-refractivity contribution in [2.75, 3.05) is 18.0 Å². The van der Waals surface area contributed by atoms with E-state index < -0.39 is 0 Å². The summed E-state index contributed by atoms with van der Waals surface area (Å²) in [7, 11) is 0. The Bertz CT molecular complexity index is 1190. The van der Waals surface area contributed by atoms with E-state index in [1.54, 1.807) is 6.07 Å². The highest BCUT2D eigenvalue weighted by molar-refractivity contribution is 5.85. The predicted octanol–water partition coefficient (Wildman–Crippen LogP) is 6.82. The second-order valence-corrected chi connectivity index (χ2v) is 8.30. The summed E-state index contributed by atoms with van der Waals surface area (Å²) in [6.45, 7) is 2.59. The van der Waals surface area contributed by atoms with Gasteiger partial charge in [-0.3, -0.25) is 0 Å². The average Bonchev–Trinajstić information content (AvgIpc) is 2.83. The van der Waals surface area contributed by atoms with E-state index in [9.17, 15) is 5.11 Å². The van der Waals surface area contributed by atoms with Gasteiger partial charge in [0, 0.05) is 18.8 Å². The minimum absolute atomic E-state index is 0. The first-order chi connectivity index (χ1) is 15.2. The zero-order valence-electron chi connectivity index (χ0n) is 18.0. The first kappa shape index (κ1) is 22.2. The van der Waals surface area contributed by atoms with E-state index in [0.29, 0.717) is 12.4 Å². The van der Waals surface area contributed by atoms with Gasteiger partial charge in [0.15, 0.2) is 0 Å². The van der Waals surface area contributed by atoms with Crippen LogP contribution in [0.25, 0.3) is 21.9 Å². The Hall–Kier alpha value is -3.01. The minimum Gasteiger partial charge on any atom is -0.508 e. The maximum Gasteiger partial charge on any atom is 0.116 e. The Kier molecular flexibility index (Phi) is 6.99. The quantitative estimate of drug-likeness (QED) is 0.366. The molecule has 164 valence electrons. The van der Waals surface area contributed by atoms with Gasteiger partial charge in [-0.25, -0.2) is 0 Å². The summed E-state index contributed by atoms with van der Waals surface area (Å²) in [6, 6.07) is 31.0. The summed E-state index contributed by atoms with van der Waals surface area (Å²) in [5.74, 6) is 0.294. The average molecular weight is 446 g/mol. The Morgan fingerprint density at radius 3 is 2.44 bits per heavy atom. The maximum absolute atomic E-state index is 9.81. The van der Waals surface area contributed by atoms with Gasteiger partial charge in [0.05, 0.1) is 12.7 Å². The zero-order valence-corrected chi connectivity index (χ0v) is 18.8. The van der Waals surface area contributed by atoms with Gasteiger partial charge in [-0.2, -0.15) is 0 Å². The van der Waals surface area contributed by atoms with Crippen molar-refractivity contribution < 1.29 is 9.84 Å². The third-order valence-electron chi connectivity index (χ3n) is 6.07. The number of fused-ring (bicyclic) bond motifs is 1. The van der Waals surface area contributed by atoms with Gasteiger partial charge in [-0.1, -0.05) is 60.7 Å². The van der Waals surface area contributed by atoms with Crippen LogP contribution >= 0.6 is 12.4 Å². The second kappa shape index (κ2) is 10.1. The molecule has 0 aliphatic carbocycles. The van der Waals surface area contributed by atoms with E-state index in [0.717, 1.165) is 37.1 Å². The lowest BCUT2D eigenvalue weighted by Crippen LogP contribution is -2.39. The topological polar surface area (TPSA) is 32.7 Å². The minimum atomic E-state index is 0. The molecule has 0 bridgehead atoms. The van der Waals surface area contributed by atoms with Crippen LogP contribution in [0.15, 0.2) is 91.0 Å². The second-order valence-electron chi connectivity index (χ2n) is 8.30. The van der Waals surface area contributed by atoms with Crippen molar-refractivity contribution in [3.63, 3.8) is 0 Å². The molecule has 4 aromatic rings. The Balaban J connectivity index is 0.00000245. The molecule has 0 saturated carbocycles. The number of ether oxygens (including phenoxy) is 1. The van der Waals surface area contributed by atoms with Gasteiger partial charge in [0.25, 0.3) is 0 Å². The van der Waals surface area contributed by atoms with Crippen molar-refractivity contribution in [3.8, 4) is 16.9 Å². The molecule has 1 unspecified atom stereocenters. The molecule has 32 heavy (non-hydrogen) atoms. The normalized spacial score (nSPS) is 16.0. The Morgan fingerprint density at radius 1 is 0.812 bits per heavy atom. The standard InChI is InChI=1S/C28H27NO2.ClH/c30-27-11-4-9-25(18-27)24-8-3-10-26(17-24)29-15-5-12-28(19-29)31-20-21-13-14-22-6-1-2-7-23(22)16-21;/h1-4,6-11,13-14,16-18,28,30H,5,12,15,19-20H2;1H. The number of phenolic OH excluding ortho intramolecular Hbond substituents is 1. The predicted molar refractivity (Wildman–Crippen MR) is 135 cm³/mol. The Morgan fingerprint density at radius 2 is 1.59 bits per heavy atom. The van der Waals surface area contributed by atoms with Crippen LogP contribution in [0.2, 0.25) is 0 Å². The molecule has 3 nitrogen and oxygen atoms in total. The van der Waals surface area contributed by atoms with Crippen molar-refractivity contribution in [1.29, 1.82) is 0 Å². The first-order valence-corrected chi connectivity index (χ1v) is 11.0. The number of hydrogen-bond acceptors (Lipinski definition) is 3. The van der Waals surface area contributed by atoms with Crippen molar-refractivity contribution in [1.82, 2.24) is 0 Å². The number of benzene rings is 4. The third-order valence-corrected chi connectivity index (χ3v) is 6.07. The molecule has 1 N–H and O–H groups in total. The molecule has 1 saturated heterocycles. The fraction of sp³-hybridized carbons (Fsp3) is 0.214.